The van der Waals surface area contributed by atoms with Crippen molar-refractivity contribution in [3.8, 4) is 11.1 Å². The average molecular weight is 313 g/mol. The fraction of sp³-hybridized carbons (Fsp3) is 0.0952. The van der Waals surface area contributed by atoms with Crippen molar-refractivity contribution in [1.82, 2.24) is 9.38 Å². The lowest BCUT2D eigenvalue weighted by atomic mass is 10.0. The summed E-state index contributed by atoms with van der Waals surface area (Å²) in [7, 11) is 0. The Morgan fingerprint density at radius 3 is 2.67 bits per heavy atom. The van der Waals surface area contributed by atoms with Gasteiger partial charge in [0.25, 0.3) is 0 Å². The Morgan fingerprint density at radius 1 is 0.958 bits per heavy atom. The van der Waals surface area contributed by atoms with E-state index in [9.17, 15) is 0 Å². The van der Waals surface area contributed by atoms with Crippen LogP contribution in [0, 0.1) is 13.8 Å². The summed E-state index contributed by atoms with van der Waals surface area (Å²) in [5.74, 6) is 0. The summed E-state index contributed by atoms with van der Waals surface area (Å²) >= 11 is 0. The number of benzene rings is 2. The van der Waals surface area contributed by atoms with Crippen molar-refractivity contribution in [3.63, 3.8) is 0 Å². The number of imidazole rings is 1. The zero-order chi connectivity index (χ0) is 16.5. The van der Waals surface area contributed by atoms with Gasteiger partial charge in [-0.1, -0.05) is 36.4 Å². The third kappa shape index (κ3) is 2.65. The number of anilines is 2. The van der Waals surface area contributed by atoms with E-state index in [0.717, 1.165) is 17.0 Å². The highest BCUT2D eigenvalue weighted by atomic mass is 15.0. The second-order valence-corrected chi connectivity index (χ2v) is 6.11. The van der Waals surface area contributed by atoms with E-state index in [-0.39, 0.29) is 0 Å². The maximum Gasteiger partial charge on any atom is 0.160 e. The first-order valence-electron chi connectivity index (χ1n) is 8.07. The van der Waals surface area contributed by atoms with Crippen molar-refractivity contribution < 1.29 is 0 Å². The summed E-state index contributed by atoms with van der Waals surface area (Å²) in [4.78, 5) is 4.49. The Labute approximate surface area is 141 Å². The fourth-order valence-electron chi connectivity index (χ4n) is 3.05. The lowest BCUT2D eigenvalue weighted by Crippen LogP contribution is -1.97. The molecule has 3 heteroatoms. The molecule has 0 saturated carbocycles. The first-order chi connectivity index (χ1) is 11.7. The van der Waals surface area contributed by atoms with E-state index < -0.39 is 0 Å². The maximum absolute atomic E-state index is 4.49. The van der Waals surface area contributed by atoms with Gasteiger partial charge in [-0.15, -0.1) is 0 Å². The molecule has 0 unspecified atom stereocenters. The van der Waals surface area contributed by atoms with E-state index in [1.54, 1.807) is 0 Å². The minimum absolute atomic E-state index is 0.925. The van der Waals surface area contributed by atoms with Crippen LogP contribution < -0.4 is 5.32 Å². The van der Waals surface area contributed by atoms with Gasteiger partial charge in [0.05, 0.1) is 5.69 Å². The molecule has 4 aromatic rings. The van der Waals surface area contributed by atoms with Crippen LogP contribution in [0.25, 0.3) is 16.8 Å². The molecule has 4 rings (SSSR count). The van der Waals surface area contributed by atoms with Gasteiger partial charge in [0.15, 0.2) is 5.65 Å². The highest BCUT2D eigenvalue weighted by molar-refractivity contribution is 5.80. The van der Waals surface area contributed by atoms with Crippen molar-refractivity contribution in [2.45, 2.75) is 13.8 Å². The number of fused-ring (bicyclic) bond motifs is 1. The molecule has 0 amide bonds. The minimum atomic E-state index is 0.925. The SMILES string of the molecule is Cc1cccc(Nc2cc(-c3ccccc3C)cn3ccnc23)c1. The zero-order valence-corrected chi connectivity index (χ0v) is 13.8. The van der Waals surface area contributed by atoms with Gasteiger partial charge in [-0.3, -0.25) is 0 Å². The summed E-state index contributed by atoms with van der Waals surface area (Å²) in [5, 5.41) is 3.52. The van der Waals surface area contributed by atoms with Gasteiger partial charge in [0.2, 0.25) is 0 Å². The van der Waals surface area contributed by atoms with Crippen LogP contribution in [-0.2, 0) is 0 Å². The summed E-state index contributed by atoms with van der Waals surface area (Å²) < 4.78 is 2.07. The fourth-order valence-corrected chi connectivity index (χ4v) is 3.05. The maximum atomic E-state index is 4.49. The quantitative estimate of drug-likeness (QED) is 0.551. The molecule has 2 aromatic carbocycles. The molecule has 2 aromatic heterocycles. The van der Waals surface area contributed by atoms with Gasteiger partial charge >= 0.3 is 0 Å². The molecule has 24 heavy (non-hydrogen) atoms. The molecular weight excluding hydrogens is 294 g/mol. The molecule has 0 aliphatic carbocycles. The Bertz CT molecular complexity index is 1010. The Balaban J connectivity index is 1.85. The highest BCUT2D eigenvalue weighted by Gasteiger charge is 2.09. The van der Waals surface area contributed by atoms with E-state index in [4.69, 9.17) is 0 Å². The van der Waals surface area contributed by atoms with E-state index in [0.29, 0.717) is 0 Å². The van der Waals surface area contributed by atoms with Crippen LogP contribution in [0.3, 0.4) is 0 Å². The van der Waals surface area contributed by atoms with Crippen LogP contribution in [-0.4, -0.2) is 9.38 Å². The van der Waals surface area contributed by atoms with E-state index >= 15 is 0 Å². The van der Waals surface area contributed by atoms with Crippen molar-refractivity contribution >= 4 is 17.0 Å². The Morgan fingerprint density at radius 2 is 1.83 bits per heavy atom. The molecule has 0 bridgehead atoms. The summed E-state index contributed by atoms with van der Waals surface area (Å²) in [6, 6.07) is 19.0. The molecule has 0 radical (unpaired) electrons. The van der Waals surface area contributed by atoms with Gasteiger partial charge < -0.3 is 9.72 Å². The Hall–Kier alpha value is -3.07. The molecule has 0 fully saturated rings. The van der Waals surface area contributed by atoms with Gasteiger partial charge in [-0.05, 0) is 48.7 Å². The summed E-state index contributed by atoms with van der Waals surface area (Å²) in [6.07, 6.45) is 5.95. The lowest BCUT2D eigenvalue weighted by Gasteiger charge is -2.12. The Kier molecular flexibility index (Phi) is 3.54. The zero-order valence-electron chi connectivity index (χ0n) is 13.8. The molecule has 0 saturated heterocycles. The molecule has 118 valence electrons. The largest absolute Gasteiger partial charge is 0.352 e. The number of nitrogens with one attached hydrogen (secondary N) is 1. The number of pyridine rings is 1. The van der Waals surface area contributed by atoms with Gasteiger partial charge in [-0.2, -0.15) is 0 Å². The third-order valence-electron chi connectivity index (χ3n) is 4.24. The number of aryl methyl sites for hydroxylation is 2. The van der Waals surface area contributed by atoms with Crippen molar-refractivity contribution in [1.29, 1.82) is 0 Å². The minimum Gasteiger partial charge on any atom is -0.352 e. The van der Waals surface area contributed by atoms with Gasteiger partial charge in [0.1, 0.15) is 0 Å². The number of aromatic nitrogens is 2. The van der Waals surface area contributed by atoms with Gasteiger partial charge in [-0.25, -0.2) is 4.98 Å². The lowest BCUT2D eigenvalue weighted by molar-refractivity contribution is 1.19. The normalized spacial score (nSPS) is 10.9. The molecular formula is C21H19N3. The molecule has 3 nitrogen and oxygen atoms in total. The van der Waals surface area contributed by atoms with Crippen LogP contribution in [0.2, 0.25) is 0 Å². The predicted molar refractivity (Wildman–Crippen MR) is 99.8 cm³/mol. The molecule has 1 N–H and O–H groups in total. The van der Waals surface area contributed by atoms with Crippen molar-refractivity contribution in [3.05, 3.63) is 84.3 Å². The van der Waals surface area contributed by atoms with Crippen LogP contribution in [0.5, 0.6) is 0 Å². The van der Waals surface area contributed by atoms with E-state index in [1.165, 1.54) is 22.3 Å². The molecule has 0 aliphatic rings. The first kappa shape index (κ1) is 14.5. The topological polar surface area (TPSA) is 29.3 Å². The van der Waals surface area contributed by atoms with E-state index in [2.05, 4.69) is 89.3 Å². The first-order valence-corrected chi connectivity index (χ1v) is 8.07. The third-order valence-corrected chi connectivity index (χ3v) is 4.24. The monoisotopic (exact) mass is 313 g/mol. The number of nitrogens with zero attached hydrogens (tertiary/aromatic N) is 2. The smallest absolute Gasteiger partial charge is 0.160 e. The van der Waals surface area contributed by atoms with E-state index in [1.807, 2.05) is 12.4 Å². The number of hydrogen-bond donors (Lipinski definition) is 1. The predicted octanol–water partition coefficient (Wildman–Crippen LogP) is 5.36. The average Bonchev–Trinajstić information content (AvgIpc) is 3.04. The summed E-state index contributed by atoms with van der Waals surface area (Å²) in [6.45, 7) is 4.24. The van der Waals surface area contributed by atoms with Crippen LogP contribution in [0.15, 0.2) is 73.2 Å². The molecule has 0 atom stereocenters. The van der Waals surface area contributed by atoms with Crippen LogP contribution in [0.1, 0.15) is 11.1 Å². The van der Waals surface area contributed by atoms with Crippen LogP contribution >= 0.6 is 0 Å². The second-order valence-electron chi connectivity index (χ2n) is 6.11. The number of rotatable bonds is 3. The van der Waals surface area contributed by atoms with Crippen molar-refractivity contribution in [2.75, 3.05) is 5.32 Å². The molecule has 0 aliphatic heterocycles. The molecule has 0 spiro atoms. The standard InChI is InChI=1S/C21H19N3/c1-15-6-5-8-18(12-15)23-20-13-17(14-24-11-10-22-21(20)24)19-9-4-3-7-16(19)2/h3-14,23H,1-2H3. The number of hydrogen-bond acceptors (Lipinski definition) is 2. The highest BCUT2D eigenvalue weighted by Crippen LogP contribution is 2.29. The van der Waals surface area contributed by atoms with Crippen LogP contribution in [0.4, 0.5) is 11.4 Å². The second kappa shape index (κ2) is 5.85. The van der Waals surface area contributed by atoms with Crippen molar-refractivity contribution in [2.24, 2.45) is 0 Å². The molecule has 2 heterocycles. The van der Waals surface area contributed by atoms with Gasteiger partial charge in [0, 0.05) is 29.8 Å². The summed E-state index contributed by atoms with van der Waals surface area (Å²) in [5.41, 5.74) is 7.91.